The fourth-order valence-electron chi connectivity index (χ4n) is 6.62. The predicted molar refractivity (Wildman–Crippen MR) is 181 cm³/mol. The van der Waals surface area contributed by atoms with Crippen LogP contribution in [0.5, 0.6) is 0 Å². The van der Waals surface area contributed by atoms with Crippen molar-refractivity contribution in [2.45, 2.75) is 12.0 Å². The van der Waals surface area contributed by atoms with Crippen LogP contribution in [-0.4, -0.2) is 25.6 Å². The minimum atomic E-state index is -0.00580. The molecule has 0 amide bonds. The molecule has 0 spiro atoms. The molecule has 2 aliphatic rings. The van der Waals surface area contributed by atoms with E-state index in [4.69, 9.17) is 15.0 Å². The number of benzene rings is 4. The minimum Gasteiger partial charge on any atom is -0.307 e. The number of fused-ring (bicyclic) bond motifs is 5. The number of anilines is 2. The van der Waals surface area contributed by atoms with Crippen LogP contribution in [0.15, 0.2) is 141 Å². The Labute approximate surface area is 256 Å². The summed E-state index contributed by atoms with van der Waals surface area (Å²) in [5.41, 5.74) is 8.38. The summed E-state index contributed by atoms with van der Waals surface area (Å²) in [7, 11) is 0. The average Bonchev–Trinajstić information content (AvgIpc) is 3.61. The van der Waals surface area contributed by atoms with Gasteiger partial charge < -0.3 is 9.47 Å². The molecule has 5 nitrogen and oxygen atoms in total. The Hall–Kier alpha value is -5.81. The maximum absolute atomic E-state index is 5.18. The quantitative estimate of drug-likeness (QED) is 0.201. The van der Waals surface area contributed by atoms with Gasteiger partial charge in [-0.25, -0.2) is 4.98 Å². The fourth-order valence-corrected chi connectivity index (χ4v) is 6.62. The third-order valence-corrected chi connectivity index (χ3v) is 8.53. The average molecular weight is 568 g/mol. The fraction of sp³-hybridized carbons (Fsp3) is 0.0513. The van der Waals surface area contributed by atoms with Gasteiger partial charge in [0.15, 0.2) is 11.6 Å². The van der Waals surface area contributed by atoms with Gasteiger partial charge in [-0.15, -0.1) is 0 Å². The first-order chi connectivity index (χ1) is 21.8. The molecule has 2 aromatic heterocycles. The van der Waals surface area contributed by atoms with Gasteiger partial charge >= 0.3 is 0 Å². The molecule has 2 atom stereocenters. The number of allylic oxidation sites excluding steroid dienone is 2. The zero-order valence-electron chi connectivity index (χ0n) is 24.1. The van der Waals surface area contributed by atoms with E-state index in [-0.39, 0.29) is 12.0 Å². The summed E-state index contributed by atoms with van der Waals surface area (Å²) in [4.78, 5) is 17.6. The van der Waals surface area contributed by atoms with Gasteiger partial charge in [0.05, 0.1) is 22.9 Å². The second-order valence-corrected chi connectivity index (χ2v) is 10.9. The normalized spacial score (nSPS) is 16.6. The topological polar surface area (TPSA) is 46.8 Å². The van der Waals surface area contributed by atoms with E-state index >= 15 is 0 Å². The molecule has 0 saturated heterocycles. The Morgan fingerprint density at radius 1 is 0.636 bits per heavy atom. The first kappa shape index (κ1) is 25.9. The van der Waals surface area contributed by atoms with Crippen LogP contribution in [0.1, 0.15) is 22.7 Å². The third kappa shape index (κ3) is 3.97. The second kappa shape index (κ2) is 10.5. The summed E-state index contributed by atoms with van der Waals surface area (Å²) < 4.78 is 2.30. The molecule has 0 N–H and O–H groups in total. The smallest absolute Gasteiger partial charge is 0.234 e. The van der Waals surface area contributed by atoms with Gasteiger partial charge in [0.1, 0.15) is 0 Å². The maximum atomic E-state index is 5.18. The van der Waals surface area contributed by atoms with Crippen molar-refractivity contribution in [3.63, 3.8) is 0 Å². The molecular weight excluding hydrogens is 538 g/mol. The summed E-state index contributed by atoms with van der Waals surface area (Å²) in [6, 6.07) is 35.2. The van der Waals surface area contributed by atoms with Crippen molar-refractivity contribution in [1.29, 1.82) is 0 Å². The van der Waals surface area contributed by atoms with Crippen molar-refractivity contribution >= 4 is 34.7 Å². The first-order valence-electron chi connectivity index (χ1n) is 14.8. The van der Waals surface area contributed by atoms with E-state index in [9.17, 15) is 0 Å². The van der Waals surface area contributed by atoms with Crippen LogP contribution < -0.4 is 4.90 Å². The molecule has 3 heterocycles. The standard InChI is InChI=1S/C39H29N5/c1-3-29-31-24-25-32-30-22-14-15-23-34(30)44(36(32)35(31)43(33(29)4-2)28-20-12-7-13-21-28)39-41-37(26-16-8-5-9-17-26)40-38(42-39)27-18-10-6-11-19-27/h3-25,30,34H,1-2H2. The zero-order chi connectivity index (χ0) is 29.6. The van der Waals surface area contributed by atoms with Crippen molar-refractivity contribution in [3.8, 4) is 28.5 Å². The number of nitrogens with zero attached hydrogens (tertiary/aromatic N) is 5. The molecule has 0 radical (unpaired) electrons. The van der Waals surface area contributed by atoms with Gasteiger partial charge in [-0.1, -0.05) is 135 Å². The van der Waals surface area contributed by atoms with E-state index in [1.807, 2.05) is 78.9 Å². The SMILES string of the molecule is C=Cc1c(C=C)n(-c2ccccc2)c2c3c(ccc12)C1C=CC=CC1N3c1nc(-c2ccccc2)nc(-c2ccccc2)n1. The Balaban J connectivity index is 1.47. The highest BCUT2D eigenvalue weighted by Crippen LogP contribution is 2.52. The molecule has 0 saturated carbocycles. The summed E-state index contributed by atoms with van der Waals surface area (Å²) >= 11 is 0. The van der Waals surface area contributed by atoms with Crippen LogP contribution in [0.3, 0.4) is 0 Å². The van der Waals surface area contributed by atoms with Crippen molar-refractivity contribution < 1.29 is 0 Å². The molecule has 44 heavy (non-hydrogen) atoms. The molecule has 6 aromatic rings. The largest absolute Gasteiger partial charge is 0.307 e. The van der Waals surface area contributed by atoms with Crippen molar-refractivity contribution in [3.05, 3.63) is 157 Å². The van der Waals surface area contributed by atoms with Crippen LogP contribution >= 0.6 is 0 Å². The molecule has 210 valence electrons. The number of para-hydroxylation sites is 1. The monoisotopic (exact) mass is 567 g/mol. The van der Waals surface area contributed by atoms with Crippen LogP contribution in [0.4, 0.5) is 11.6 Å². The lowest BCUT2D eigenvalue weighted by atomic mass is 9.91. The third-order valence-electron chi connectivity index (χ3n) is 8.53. The molecule has 1 aliphatic heterocycles. The van der Waals surface area contributed by atoms with Crippen LogP contribution in [-0.2, 0) is 0 Å². The number of rotatable bonds is 6. The Bertz CT molecular complexity index is 2050. The van der Waals surface area contributed by atoms with Crippen LogP contribution in [0.2, 0.25) is 0 Å². The van der Waals surface area contributed by atoms with Gasteiger partial charge in [0.2, 0.25) is 5.95 Å². The van der Waals surface area contributed by atoms with Crippen molar-refractivity contribution in [2.75, 3.05) is 4.90 Å². The van der Waals surface area contributed by atoms with Crippen LogP contribution in [0.25, 0.3) is 51.5 Å². The Kier molecular flexibility index (Phi) is 6.16. The van der Waals surface area contributed by atoms with Gasteiger partial charge in [-0.05, 0) is 23.8 Å². The van der Waals surface area contributed by atoms with Gasteiger partial charge in [0.25, 0.3) is 0 Å². The van der Waals surface area contributed by atoms with E-state index in [0.29, 0.717) is 17.6 Å². The van der Waals surface area contributed by atoms with E-state index < -0.39 is 0 Å². The molecule has 4 aromatic carbocycles. The lowest BCUT2D eigenvalue weighted by Crippen LogP contribution is -2.30. The molecule has 8 rings (SSSR count). The van der Waals surface area contributed by atoms with E-state index in [2.05, 4.69) is 83.3 Å². The van der Waals surface area contributed by atoms with Gasteiger partial charge in [-0.3, -0.25) is 0 Å². The summed E-state index contributed by atoms with van der Waals surface area (Å²) in [5.74, 6) is 2.02. The highest BCUT2D eigenvalue weighted by molar-refractivity contribution is 6.05. The lowest BCUT2D eigenvalue weighted by molar-refractivity contribution is 0.728. The highest BCUT2D eigenvalue weighted by atomic mass is 15.3. The van der Waals surface area contributed by atoms with E-state index in [1.165, 1.54) is 5.56 Å². The second-order valence-electron chi connectivity index (χ2n) is 10.9. The molecule has 2 unspecified atom stereocenters. The van der Waals surface area contributed by atoms with Gasteiger partial charge in [-0.2, -0.15) is 9.97 Å². The summed E-state index contributed by atoms with van der Waals surface area (Å²) in [5, 5.41) is 1.11. The number of aromatic nitrogens is 4. The van der Waals surface area contributed by atoms with Crippen LogP contribution in [0, 0.1) is 0 Å². The van der Waals surface area contributed by atoms with Crippen molar-refractivity contribution in [1.82, 2.24) is 19.5 Å². The molecular formula is C39H29N5. The number of hydrogen-bond acceptors (Lipinski definition) is 4. The first-order valence-corrected chi connectivity index (χ1v) is 14.8. The summed E-state index contributed by atoms with van der Waals surface area (Å²) in [6.07, 6.45) is 12.6. The lowest BCUT2D eigenvalue weighted by Gasteiger charge is -2.27. The van der Waals surface area contributed by atoms with E-state index in [1.54, 1.807) is 0 Å². The van der Waals surface area contributed by atoms with E-state index in [0.717, 1.165) is 44.7 Å². The molecule has 0 fully saturated rings. The Morgan fingerprint density at radius 3 is 1.86 bits per heavy atom. The minimum absolute atomic E-state index is 0.00580. The summed E-state index contributed by atoms with van der Waals surface area (Å²) in [6.45, 7) is 8.42. The predicted octanol–water partition coefficient (Wildman–Crippen LogP) is 9.17. The van der Waals surface area contributed by atoms with Crippen molar-refractivity contribution in [2.24, 2.45) is 0 Å². The maximum Gasteiger partial charge on any atom is 0.234 e. The van der Waals surface area contributed by atoms with Gasteiger partial charge in [0, 0.05) is 33.7 Å². The molecule has 5 heteroatoms. The highest BCUT2D eigenvalue weighted by Gasteiger charge is 2.41. The molecule has 0 bridgehead atoms. The Morgan fingerprint density at radius 2 is 1.25 bits per heavy atom. The molecule has 1 aliphatic carbocycles. The number of hydrogen-bond donors (Lipinski definition) is 0. The zero-order valence-corrected chi connectivity index (χ0v) is 24.1.